The summed E-state index contributed by atoms with van der Waals surface area (Å²) in [7, 11) is 2.27. The molecule has 1 aromatic carbocycles. The van der Waals surface area contributed by atoms with Gasteiger partial charge >= 0.3 is 12.1 Å². The first kappa shape index (κ1) is 23.4. The van der Waals surface area contributed by atoms with E-state index in [0.717, 1.165) is 24.1 Å². The quantitative estimate of drug-likeness (QED) is 0.543. The number of carboxylic acids is 1. The Labute approximate surface area is 193 Å². The summed E-state index contributed by atoms with van der Waals surface area (Å²) in [5, 5.41) is 19.3. The lowest BCUT2D eigenvalue weighted by molar-refractivity contribution is -0.192. The second-order valence-corrected chi connectivity index (χ2v) is 9.30. The third-order valence-corrected chi connectivity index (χ3v) is 7.11. The van der Waals surface area contributed by atoms with Crippen molar-refractivity contribution in [1.29, 1.82) is 0 Å². The number of aromatic nitrogens is 2. The molecule has 1 N–H and O–H groups in total. The molecule has 0 aliphatic carbocycles. The van der Waals surface area contributed by atoms with E-state index in [1.807, 2.05) is 12.1 Å². The molecule has 10 heteroatoms. The Morgan fingerprint density at radius 3 is 2.42 bits per heavy atom. The van der Waals surface area contributed by atoms with Crippen LogP contribution in [0.5, 0.6) is 5.88 Å². The molecule has 2 aliphatic heterocycles. The van der Waals surface area contributed by atoms with Gasteiger partial charge in [0, 0.05) is 28.4 Å². The molecule has 5 rings (SSSR count). The normalized spacial score (nSPS) is 23.0. The standard InChI is InChI=1S/C21H23N3OS.C2HF3O2/c1-24-16-3-2-4-17(24)13-18(12-16)25-21-8-6-19(22-23-21)14-5-7-20-15(11-14)9-10-26-20;3-2(4,5)1(6)7/h5-11,16-18H,2-4,12-13H2,1H3;(H,6,7)/t16-,17+,18+;. The van der Waals surface area contributed by atoms with Crippen molar-refractivity contribution in [3.63, 3.8) is 0 Å². The third kappa shape index (κ3) is 5.62. The number of hydrogen-bond acceptors (Lipinski definition) is 6. The van der Waals surface area contributed by atoms with Crippen LogP contribution in [0.3, 0.4) is 0 Å². The number of ether oxygens (including phenoxy) is 1. The number of piperidine rings is 2. The van der Waals surface area contributed by atoms with Crippen LogP contribution in [0.15, 0.2) is 41.8 Å². The Morgan fingerprint density at radius 1 is 1.12 bits per heavy atom. The summed E-state index contributed by atoms with van der Waals surface area (Å²) in [6.45, 7) is 0. The number of benzene rings is 1. The van der Waals surface area contributed by atoms with Crippen molar-refractivity contribution in [2.24, 2.45) is 0 Å². The monoisotopic (exact) mass is 479 g/mol. The Balaban J connectivity index is 0.000000325. The van der Waals surface area contributed by atoms with Crippen molar-refractivity contribution in [3.8, 4) is 17.1 Å². The zero-order valence-electron chi connectivity index (χ0n) is 18.0. The highest BCUT2D eigenvalue weighted by Crippen LogP contribution is 2.34. The number of fused-ring (bicyclic) bond motifs is 3. The Bertz CT molecular complexity index is 1090. The van der Waals surface area contributed by atoms with Gasteiger partial charge in [0.1, 0.15) is 6.10 Å². The fraction of sp³-hybridized carbons (Fsp3) is 0.435. The summed E-state index contributed by atoms with van der Waals surface area (Å²) in [6, 6.07) is 13.9. The zero-order valence-corrected chi connectivity index (χ0v) is 18.8. The van der Waals surface area contributed by atoms with Crippen molar-refractivity contribution in [2.75, 3.05) is 7.05 Å². The van der Waals surface area contributed by atoms with Crippen molar-refractivity contribution in [2.45, 2.75) is 56.5 Å². The van der Waals surface area contributed by atoms with E-state index in [1.54, 1.807) is 11.3 Å². The molecule has 0 unspecified atom stereocenters. The van der Waals surface area contributed by atoms with Crippen LogP contribution >= 0.6 is 11.3 Å². The highest BCUT2D eigenvalue weighted by Gasteiger charge is 2.38. The predicted octanol–water partition coefficient (Wildman–Crippen LogP) is 5.39. The molecule has 2 aliphatic rings. The topological polar surface area (TPSA) is 75.5 Å². The van der Waals surface area contributed by atoms with Crippen LogP contribution in [0.1, 0.15) is 32.1 Å². The molecule has 176 valence electrons. The Morgan fingerprint density at radius 2 is 1.82 bits per heavy atom. The maximum atomic E-state index is 10.6. The van der Waals surface area contributed by atoms with Gasteiger partial charge in [-0.2, -0.15) is 13.2 Å². The van der Waals surface area contributed by atoms with Crippen molar-refractivity contribution < 1.29 is 27.8 Å². The van der Waals surface area contributed by atoms with Crippen LogP contribution in [0.25, 0.3) is 21.3 Å². The minimum Gasteiger partial charge on any atom is -0.475 e. The van der Waals surface area contributed by atoms with Crippen molar-refractivity contribution in [1.82, 2.24) is 15.1 Å². The van der Waals surface area contributed by atoms with Crippen LogP contribution < -0.4 is 4.74 Å². The lowest BCUT2D eigenvalue weighted by Gasteiger charge is -2.46. The Kier molecular flexibility index (Phi) is 6.85. The molecule has 4 heterocycles. The molecule has 2 fully saturated rings. The van der Waals surface area contributed by atoms with E-state index in [2.05, 4.69) is 51.8 Å². The fourth-order valence-corrected chi connectivity index (χ4v) is 5.27. The highest BCUT2D eigenvalue weighted by molar-refractivity contribution is 7.17. The van der Waals surface area contributed by atoms with Gasteiger partial charge in [-0.3, -0.25) is 0 Å². The van der Waals surface area contributed by atoms with Crippen LogP contribution in [0, 0.1) is 0 Å². The number of carbonyl (C=O) groups is 1. The number of thiophene rings is 1. The second kappa shape index (κ2) is 9.64. The molecule has 6 nitrogen and oxygen atoms in total. The summed E-state index contributed by atoms with van der Waals surface area (Å²) in [5.74, 6) is -2.11. The second-order valence-electron chi connectivity index (χ2n) is 8.35. The van der Waals surface area contributed by atoms with Gasteiger partial charge in [0.15, 0.2) is 0 Å². The average molecular weight is 480 g/mol. The van der Waals surface area contributed by atoms with E-state index in [4.69, 9.17) is 14.6 Å². The minimum atomic E-state index is -5.08. The number of hydrogen-bond donors (Lipinski definition) is 1. The van der Waals surface area contributed by atoms with Gasteiger partial charge in [-0.05, 0) is 67.8 Å². The van der Waals surface area contributed by atoms with E-state index < -0.39 is 12.1 Å². The van der Waals surface area contributed by atoms with Crippen LogP contribution in [0.4, 0.5) is 13.2 Å². The van der Waals surface area contributed by atoms with E-state index >= 15 is 0 Å². The number of rotatable bonds is 3. The van der Waals surface area contributed by atoms with Crippen molar-refractivity contribution >= 4 is 27.4 Å². The lowest BCUT2D eigenvalue weighted by Crippen LogP contribution is -2.52. The van der Waals surface area contributed by atoms with Crippen LogP contribution in [0.2, 0.25) is 0 Å². The first-order valence-electron chi connectivity index (χ1n) is 10.7. The molecular weight excluding hydrogens is 455 g/mol. The molecule has 3 atom stereocenters. The summed E-state index contributed by atoms with van der Waals surface area (Å²) in [5.41, 5.74) is 1.99. The molecule has 33 heavy (non-hydrogen) atoms. The minimum absolute atomic E-state index is 0.267. The maximum absolute atomic E-state index is 10.6. The van der Waals surface area contributed by atoms with E-state index in [1.165, 1.54) is 29.3 Å². The molecule has 0 saturated carbocycles. The third-order valence-electron chi connectivity index (χ3n) is 6.21. The molecular formula is C23H24F3N3O3S. The van der Waals surface area contributed by atoms with Gasteiger partial charge in [0.2, 0.25) is 5.88 Å². The number of nitrogens with zero attached hydrogens (tertiary/aromatic N) is 3. The lowest BCUT2D eigenvalue weighted by atomic mass is 9.83. The molecule has 0 radical (unpaired) electrons. The molecule has 0 amide bonds. The largest absolute Gasteiger partial charge is 0.490 e. The van der Waals surface area contributed by atoms with Gasteiger partial charge < -0.3 is 14.7 Å². The SMILES string of the molecule is CN1[C@@H]2CCC[C@H]1C[C@@H](Oc1ccc(-c3ccc4sccc4c3)nn1)C2.O=C(O)C(F)(F)F. The Hall–Kier alpha value is -2.72. The van der Waals surface area contributed by atoms with Gasteiger partial charge in [0.25, 0.3) is 0 Å². The van der Waals surface area contributed by atoms with Gasteiger partial charge in [-0.1, -0.05) is 12.5 Å². The van der Waals surface area contributed by atoms with Gasteiger partial charge in [0.05, 0.1) is 5.69 Å². The first-order valence-corrected chi connectivity index (χ1v) is 11.6. The van der Waals surface area contributed by atoms with Crippen LogP contribution in [-0.4, -0.2) is 57.6 Å². The zero-order chi connectivity index (χ0) is 23.6. The number of carboxylic acid groups (broad SMARTS) is 1. The van der Waals surface area contributed by atoms with Crippen LogP contribution in [-0.2, 0) is 4.79 Å². The molecule has 2 saturated heterocycles. The smallest absolute Gasteiger partial charge is 0.475 e. The average Bonchev–Trinajstić information content (AvgIpc) is 3.23. The number of alkyl halides is 3. The fourth-order valence-electron chi connectivity index (χ4n) is 4.50. The first-order chi connectivity index (χ1) is 15.7. The maximum Gasteiger partial charge on any atom is 0.490 e. The summed E-state index contributed by atoms with van der Waals surface area (Å²) in [6.07, 6.45) is 1.33. The van der Waals surface area contributed by atoms with Crippen molar-refractivity contribution in [3.05, 3.63) is 41.8 Å². The van der Waals surface area contributed by atoms with Gasteiger partial charge in [-0.25, -0.2) is 4.79 Å². The van der Waals surface area contributed by atoms with Gasteiger partial charge in [-0.15, -0.1) is 21.5 Å². The molecule has 3 aromatic rings. The molecule has 0 spiro atoms. The number of halogens is 3. The highest BCUT2D eigenvalue weighted by atomic mass is 32.1. The predicted molar refractivity (Wildman–Crippen MR) is 119 cm³/mol. The molecule has 2 aromatic heterocycles. The van der Waals surface area contributed by atoms with E-state index in [-0.39, 0.29) is 6.10 Å². The summed E-state index contributed by atoms with van der Waals surface area (Å²) in [4.78, 5) is 11.5. The number of aliphatic carboxylic acids is 1. The van der Waals surface area contributed by atoms with E-state index in [9.17, 15) is 13.2 Å². The summed E-state index contributed by atoms with van der Waals surface area (Å²) >= 11 is 1.76. The molecule has 2 bridgehead atoms. The summed E-state index contributed by atoms with van der Waals surface area (Å²) < 4.78 is 39.2. The van der Waals surface area contributed by atoms with E-state index in [0.29, 0.717) is 18.0 Å².